The molecule has 0 heterocycles. The molecule has 154 valence electrons. The van der Waals surface area contributed by atoms with Crippen LogP contribution in [0.15, 0.2) is 72.8 Å². The van der Waals surface area contributed by atoms with Crippen LogP contribution in [0.4, 0.5) is 4.39 Å². The van der Waals surface area contributed by atoms with E-state index in [0.29, 0.717) is 28.9 Å². The van der Waals surface area contributed by atoms with Crippen molar-refractivity contribution < 1.29 is 23.8 Å². The number of carbonyl (C=O) groups is 2. The molecular formula is C25H23FO4. The van der Waals surface area contributed by atoms with Crippen LogP contribution >= 0.6 is 0 Å². The van der Waals surface area contributed by atoms with Crippen LogP contribution < -0.4 is 4.74 Å². The molecule has 3 aromatic rings. The van der Waals surface area contributed by atoms with Crippen molar-refractivity contribution in [1.82, 2.24) is 0 Å². The second kappa shape index (κ2) is 9.83. The lowest BCUT2D eigenvalue weighted by Gasteiger charge is -2.11. The Morgan fingerprint density at radius 3 is 2.47 bits per heavy atom. The van der Waals surface area contributed by atoms with E-state index in [-0.39, 0.29) is 12.4 Å². The molecule has 5 heteroatoms. The predicted octanol–water partition coefficient (Wildman–Crippen LogP) is 5.61. The molecule has 0 saturated carbocycles. The summed E-state index contributed by atoms with van der Waals surface area (Å²) in [6.45, 7) is 1.51. The number of benzene rings is 3. The third-order valence-corrected chi connectivity index (χ3v) is 4.93. The minimum absolute atomic E-state index is 0.287. The first-order valence-corrected chi connectivity index (χ1v) is 9.81. The van der Waals surface area contributed by atoms with Gasteiger partial charge in [-0.25, -0.2) is 4.39 Å². The molecule has 0 saturated heterocycles. The Balaban J connectivity index is 1.64. The minimum Gasteiger partial charge on any atom is -0.481 e. The van der Waals surface area contributed by atoms with Crippen molar-refractivity contribution in [2.75, 3.05) is 0 Å². The largest absolute Gasteiger partial charge is 0.481 e. The molecule has 3 rings (SSSR count). The summed E-state index contributed by atoms with van der Waals surface area (Å²) in [7, 11) is 0. The van der Waals surface area contributed by atoms with E-state index in [1.54, 1.807) is 36.4 Å². The van der Waals surface area contributed by atoms with Crippen LogP contribution in [-0.4, -0.2) is 17.0 Å². The van der Waals surface area contributed by atoms with Gasteiger partial charge in [-0.2, -0.15) is 0 Å². The van der Waals surface area contributed by atoms with Crippen LogP contribution in [0.5, 0.6) is 5.75 Å². The van der Waals surface area contributed by atoms with E-state index < -0.39 is 17.7 Å². The maximum absolute atomic E-state index is 14.6. The number of carbonyl (C=O) groups excluding carboxylic acids is 1. The van der Waals surface area contributed by atoms with Crippen molar-refractivity contribution in [1.29, 1.82) is 0 Å². The van der Waals surface area contributed by atoms with Crippen molar-refractivity contribution in [3.8, 4) is 16.9 Å². The maximum atomic E-state index is 14.6. The van der Waals surface area contributed by atoms with E-state index in [1.165, 1.54) is 18.6 Å². The molecule has 0 spiro atoms. The Kier molecular flexibility index (Phi) is 6.96. The number of aryl methyl sites for hydroxylation is 1. The Morgan fingerprint density at radius 2 is 1.77 bits per heavy atom. The topological polar surface area (TPSA) is 63.6 Å². The molecule has 0 aromatic heterocycles. The predicted molar refractivity (Wildman–Crippen MR) is 113 cm³/mol. The number of aliphatic carboxylic acids is 1. The van der Waals surface area contributed by atoms with Crippen LogP contribution in [-0.2, 0) is 16.0 Å². The van der Waals surface area contributed by atoms with Gasteiger partial charge >= 0.3 is 11.9 Å². The van der Waals surface area contributed by atoms with Crippen molar-refractivity contribution in [3.63, 3.8) is 0 Å². The summed E-state index contributed by atoms with van der Waals surface area (Å²) in [6, 6.07) is 21.0. The third-order valence-electron chi connectivity index (χ3n) is 4.93. The molecule has 0 aliphatic rings. The smallest absolute Gasteiger partial charge is 0.311 e. The molecule has 4 nitrogen and oxygen atoms in total. The minimum atomic E-state index is -1.01. The summed E-state index contributed by atoms with van der Waals surface area (Å²) in [5.41, 5.74) is 2.43. The third kappa shape index (κ3) is 5.54. The molecule has 30 heavy (non-hydrogen) atoms. The van der Waals surface area contributed by atoms with Gasteiger partial charge in [0.1, 0.15) is 11.6 Å². The van der Waals surface area contributed by atoms with E-state index in [2.05, 4.69) is 0 Å². The zero-order valence-electron chi connectivity index (χ0n) is 16.7. The summed E-state index contributed by atoms with van der Waals surface area (Å²) >= 11 is 0. The average Bonchev–Trinajstić information content (AvgIpc) is 2.74. The first-order valence-electron chi connectivity index (χ1n) is 9.81. The van der Waals surface area contributed by atoms with Gasteiger partial charge in [0.25, 0.3) is 0 Å². The molecule has 0 aliphatic carbocycles. The van der Waals surface area contributed by atoms with Crippen molar-refractivity contribution in [3.05, 3.63) is 89.7 Å². The van der Waals surface area contributed by atoms with Gasteiger partial charge in [-0.15, -0.1) is 0 Å². The SMILES string of the molecule is CC(C(=O)O)c1ccc(-c2cccc(OC(=O)CCCc3ccccc3)c2)c(F)c1. The van der Waals surface area contributed by atoms with E-state index in [4.69, 9.17) is 9.84 Å². The number of rotatable bonds is 8. The van der Waals surface area contributed by atoms with Crippen molar-refractivity contribution >= 4 is 11.9 Å². The average molecular weight is 406 g/mol. The quantitative estimate of drug-likeness (QED) is 0.390. The van der Waals surface area contributed by atoms with Gasteiger partial charge in [0.2, 0.25) is 0 Å². The lowest BCUT2D eigenvalue weighted by Crippen LogP contribution is -2.08. The van der Waals surface area contributed by atoms with Crippen LogP contribution in [0.3, 0.4) is 0 Å². The van der Waals surface area contributed by atoms with Gasteiger partial charge in [-0.1, -0.05) is 54.6 Å². The van der Waals surface area contributed by atoms with Crippen LogP contribution in [0.25, 0.3) is 11.1 Å². The molecule has 0 radical (unpaired) electrons. The molecular weight excluding hydrogens is 383 g/mol. The van der Waals surface area contributed by atoms with E-state index in [1.807, 2.05) is 30.3 Å². The van der Waals surface area contributed by atoms with Crippen molar-refractivity contribution in [2.24, 2.45) is 0 Å². The Labute approximate surface area is 174 Å². The summed E-state index contributed by atoms with van der Waals surface area (Å²) in [5, 5.41) is 9.09. The van der Waals surface area contributed by atoms with Gasteiger partial charge in [0, 0.05) is 12.0 Å². The lowest BCUT2D eigenvalue weighted by atomic mass is 9.97. The number of halogens is 1. The monoisotopic (exact) mass is 406 g/mol. The molecule has 0 fully saturated rings. The highest BCUT2D eigenvalue weighted by molar-refractivity contribution is 5.77. The van der Waals surface area contributed by atoms with Crippen LogP contribution in [0.2, 0.25) is 0 Å². The van der Waals surface area contributed by atoms with E-state index in [0.717, 1.165) is 6.42 Å². The zero-order chi connectivity index (χ0) is 21.5. The Bertz CT molecular complexity index is 1030. The molecule has 1 atom stereocenters. The molecule has 0 amide bonds. The first kappa shape index (κ1) is 21.2. The van der Waals surface area contributed by atoms with Gasteiger partial charge in [-0.05, 0) is 54.7 Å². The zero-order valence-corrected chi connectivity index (χ0v) is 16.7. The fraction of sp³-hybridized carbons (Fsp3) is 0.200. The first-order chi connectivity index (χ1) is 14.4. The summed E-state index contributed by atoms with van der Waals surface area (Å²) in [6.07, 6.45) is 1.76. The summed E-state index contributed by atoms with van der Waals surface area (Å²) in [4.78, 5) is 23.2. The summed E-state index contributed by atoms with van der Waals surface area (Å²) in [5.74, 6) is -2.32. The van der Waals surface area contributed by atoms with Crippen LogP contribution in [0.1, 0.15) is 36.8 Å². The van der Waals surface area contributed by atoms with Gasteiger partial charge in [-0.3, -0.25) is 9.59 Å². The molecule has 1 unspecified atom stereocenters. The van der Waals surface area contributed by atoms with Gasteiger partial charge in [0.15, 0.2) is 0 Å². The second-order valence-electron chi connectivity index (χ2n) is 7.14. The number of ether oxygens (including phenoxy) is 1. The fourth-order valence-corrected chi connectivity index (χ4v) is 3.17. The van der Waals surface area contributed by atoms with Gasteiger partial charge < -0.3 is 9.84 Å². The highest BCUT2D eigenvalue weighted by atomic mass is 19.1. The molecule has 0 aliphatic heterocycles. The molecule has 1 N–H and O–H groups in total. The second-order valence-corrected chi connectivity index (χ2v) is 7.14. The standard InChI is InChI=1S/C25H23FO4/c1-17(25(28)29)19-13-14-22(23(26)16-19)20-10-6-11-21(15-20)30-24(27)12-5-9-18-7-3-2-4-8-18/h2-4,6-8,10-11,13-17H,5,9,12H2,1H3,(H,28,29). The number of carboxylic acids is 1. The number of hydrogen-bond acceptors (Lipinski definition) is 3. The number of esters is 1. The highest BCUT2D eigenvalue weighted by Crippen LogP contribution is 2.29. The van der Waals surface area contributed by atoms with E-state index in [9.17, 15) is 14.0 Å². The van der Waals surface area contributed by atoms with Crippen LogP contribution in [0, 0.1) is 5.82 Å². The van der Waals surface area contributed by atoms with Gasteiger partial charge in [0.05, 0.1) is 5.92 Å². The van der Waals surface area contributed by atoms with E-state index >= 15 is 0 Å². The molecule has 3 aromatic carbocycles. The molecule has 0 bridgehead atoms. The normalized spacial score (nSPS) is 11.7. The van der Waals surface area contributed by atoms with Crippen molar-refractivity contribution in [2.45, 2.75) is 32.1 Å². The fourth-order valence-electron chi connectivity index (χ4n) is 3.17. The number of hydrogen-bond donors (Lipinski definition) is 1. The maximum Gasteiger partial charge on any atom is 0.311 e. The highest BCUT2D eigenvalue weighted by Gasteiger charge is 2.16. The Hall–Kier alpha value is -3.47. The lowest BCUT2D eigenvalue weighted by molar-refractivity contribution is -0.138. The Morgan fingerprint density at radius 1 is 1.00 bits per heavy atom. The summed E-state index contributed by atoms with van der Waals surface area (Å²) < 4.78 is 20.0. The number of carboxylic acid groups (broad SMARTS) is 1.